The first kappa shape index (κ1) is 20.4. The average molecular weight is 423 g/mol. The van der Waals surface area contributed by atoms with Crippen molar-refractivity contribution in [1.29, 1.82) is 0 Å². The van der Waals surface area contributed by atoms with E-state index in [9.17, 15) is 4.79 Å². The molecule has 7 nitrogen and oxygen atoms in total. The first-order valence-electron chi connectivity index (χ1n) is 10.2. The highest BCUT2D eigenvalue weighted by Gasteiger charge is 2.23. The summed E-state index contributed by atoms with van der Waals surface area (Å²) in [5, 5.41) is 6.87. The maximum Gasteiger partial charge on any atom is 0.240 e. The summed E-state index contributed by atoms with van der Waals surface area (Å²) in [5.41, 5.74) is 2.07. The number of aromatic nitrogens is 3. The van der Waals surface area contributed by atoms with Crippen molar-refractivity contribution in [2.24, 2.45) is 0 Å². The predicted octanol–water partition coefficient (Wildman–Crippen LogP) is 4.11. The number of hydrogen-bond acceptors (Lipinski definition) is 7. The number of amides is 1. The SMILES string of the molecule is Cc1nc(NC(=O)CN2CCC(c3cccc(Nc4ccccn4)n3)CC2)sc1C. The van der Waals surface area contributed by atoms with Crippen molar-refractivity contribution in [2.45, 2.75) is 32.6 Å². The number of rotatable bonds is 6. The van der Waals surface area contributed by atoms with Crippen LogP contribution >= 0.6 is 11.3 Å². The third-order valence-electron chi connectivity index (χ3n) is 5.34. The smallest absolute Gasteiger partial charge is 0.240 e. The fourth-order valence-corrected chi connectivity index (χ4v) is 4.42. The molecule has 8 heteroatoms. The molecule has 0 saturated carbocycles. The number of nitrogens with one attached hydrogen (secondary N) is 2. The van der Waals surface area contributed by atoms with Crippen molar-refractivity contribution in [3.63, 3.8) is 0 Å². The van der Waals surface area contributed by atoms with Crippen LogP contribution in [0.25, 0.3) is 0 Å². The van der Waals surface area contributed by atoms with Gasteiger partial charge in [0.05, 0.1) is 12.2 Å². The first-order chi connectivity index (χ1) is 14.6. The molecule has 4 heterocycles. The van der Waals surface area contributed by atoms with Crippen molar-refractivity contribution in [3.8, 4) is 0 Å². The van der Waals surface area contributed by atoms with Gasteiger partial charge in [-0.05, 0) is 64.0 Å². The minimum atomic E-state index is 0.00174. The summed E-state index contributed by atoms with van der Waals surface area (Å²) < 4.78 is 0. The molecule has 4 rings (SSSR count). The van der Waals surface area contributed by atoms with Crippen molar-refractivity contribution >= 4 is 34.0 Å². The number of nitrogens with zero attached hydrogens (tertiary/aromatic N) is 4. The number of piperidine rings is 1. The molecule has 1 saturated heterocycles. The number of pyridine rings is 2. The lowest BCUT2D eigenvalue weighted by Crippen LogP contribution is -2.38. The van der Waals surface area contributed by atoms with Crippen LogP contribution in [-0.2, 0) is 4.79 Å². The van der Waals surface area contributed by atoms with Crippen molar-refractivity contribution in [2.75, 3.05) is 30.3 Å². The minimum Gasteiger partial charge on any atom is -0.325 e. The first-order valence-corrected chi connectivity index (χ1v) is 11.0. The van der Waals surface area contributed by atoms with E-state index in [1.807, 2.05) is 44.2 Å². The van der Waals surface area contributed by atoms with Crippen LogP contribution in [0.3, 0.4) is 0 Å². The van der Waals surface area contributed by atoms with Gasteiger partial charge < -0.3 is 10.6 Å². The van der Waals surface area contributed by atoms with E-state index in [4.69, 9.17) is 4.98 Å². The standard InChI is InChI=1S/C22H26N6OS/c1-15-16(2)30-22(24-15)27-21(29)14-28-12-9-17(10-13-28)18-6-5-8-20(25-18)26-19-7-3-4-11-23-19/h3-8,11,17H,9-10,12-14H2,1-2H3,(H,23,25,26)(H,24,27,29). The molecule has 0 unspecified atom stereocenters. The molecule has 3 aromatic heterocycles. The van der Waals surface area contributed by atoms with Crippen LogP contribution in [0, 0.1) is 13.8 Å². The number of aryl methyl sites for hydroxylation is 2. The van der Waals surface area contributed by atoms with Crippen LogP contribution < -0.4 is 10.6 Å². The van der Waals surface area contributed by atoms with E-state index in [0.717, 1.165) is 53.8 Å². The van der Waals surface area contributed by atoms with Gasteiger partial charge in [-0.15, -0.1) is 11.3 Å². The van der Waals surface area contributed by atoms with Crippen LogP contribution in [0.5, 0.6) is 0 Å². The summed E-state index contributed by atoms with van der Waals surface area (Å²) in [5.74, 6) is 2.00. The highest BCUT2D eigenvalue weighted by Crippen LogP contribution is 2.28. The molecule has 1 aliphatic rings. The molecular weight excluding hydrogens is 396 g/mol. The Morgan fingerprint density at radius 1 is 1.10 bits per heavy atom. The summed E-state index contributed by atoms with van der Waals surface area (Å²) >= 11 is 1.52. The Morgan fingerprint density at radius 3 is 2.60 bits per heavy atom. The predicted molar refractivity (Wildman–Crippen MR) is 120 cm³/mol. The molecule has 2 N–H and O–H groups in total. The number of likely N-dealkylation sites (tertiary alicyclic amines) is 1. The van der Waals surface area contributed by atoms with Gasteiger partial charge in [-0.3, -0.25) is 9.69 Å². The molecular formula is C22H26N6OS. The molecule has 1 fully saturated rings. The summed E-state index contributed by atoms with van der Waals surface area (Å²) in [6, 6.07) is 11.8. The normalized spacial score (nSPS) is 15.1. The fraction of sp³-hybridized carbons (Fsp3) is 0.364. The van der Waals surface area contributed by atoms with Gasteiger partial charge in [0.15, 0.2) is 5.13 Å². The largest absolute Gasteiger partial charge is 0.325 e. The molecule has 1 aliphatic heterocycles. The zero-order valence-electron chi connectivity index (χ0n) is 17.3. The van der Waals surface area contributed by atoms with Gasteiger partial charge in [-0.2, -0.15) is 0 Å². The lowest BCUT2D eigenvalue weighted by molar-refractivity contribution is -0.117. The summed E-state index contributed by atoms with van der Waals surface area (Å²) in [6.07, 6.45) is 3.74. The van der Waals surface area contributed by atoms with Crippen molar-refractivity contribution < 1.29 is 4.79 Å². The number of carbonyl (C=O) groups excluding carboxylic acids is 1. The van der Waals surface area contributed by atoms with Crippen molar-refractivity contribution in [1.82, 2.24) is 19.9 Å². The van der Waals surface area contributed by atoms with Crippen LogP contribution in [0.1, 0.15) is 35.0 Å². The second-order valence-corrected chi connectivity index (χ2v) is 8.75. The number of thiazole rings is 1. The second kappa shape index (κ2) is 9.32. The number of hydrogen-bond donors (Lipinski definition) is 2. The van der Waals surface area contributed by atoms with E-state index < -0.39 is 0 Å². The molecule has 0 spiro atoms. The zero-order valence-corrected chi connectivity index (χ0v) is 18.1. The van der Waals surface area contributed by atoms with Gasteiger partial charge >= 0.3 is 0 Å². The molecule has 0 bridgehead atoms. The molecule has 0 radical (unpaired) electrons. The lowest BCUT2D eigenvalue weighted by Gasteiger charge is -2.31. The molecule has 0 atom stereocenters. The molecule has 30 heavy (non-hydrogen) atoms. The van der Waals surface area contributed by atoms with E-state index in [0.29, 0.717) is 17.6 Å². The summed E-state index contributed by atoms with van der Waals surface area (Å²) in [6.45, 7) is 6.14. The Labute approximate surface area is 180 Å². The van der Waals surface area contributed by atoms with Crippen LogP contribution in [0.15, 0.2) is 42.6 Å². The van der Waals surface area contributed by atoms with Gasteiger partial charge in [0, 0.05) is 22.7 Å². The maximum absolute atomic E-state index is 12.4. The van der Waals surface area contributed by atoms with Gasteiger partial charge in [-0.1, -0.05) is 12.1 Å². The van der Waals surface area contributed by atoms with E-state index in [2.05, 4.69) is 31.6 Å². The average Bonchev–Trinajstić information content (AvgIpc) is 3.06. The molecule has 3 aromatic rings. The van der Waals surface area contributed by atoms with Crippen LogP contribution in [0.2, 0.25) is 0 Å². The van der Waals surface area contributed by atoms with Gasteiger partial charge in [-0.25, -0.2) is 15.0 Å². The third kappa shape index (κ3) is 5.20. The Bertz CT molecular complexity index is 978. The summed E-state index contributed by atoms with van der Waals surface area (Å²) in [7, 11) is 0. The molecule has 156 valence electrons. The molecule has 0 aromatic carbocycles. The number of carbonyl (C=O) groups is 1. The highest BCUT2D eigenvalue weighted by atomic mass is 32.1. The monoisotopic (exact) mass is 422 g/mol. The second-order valence-electron chi connectivity index (χ2n) is 7.55. The Hall–Kier alpha value is -2.84. The zero-order chi connectivity index (χ0) is 20.9. The van der Waals surface area contributed by atoms with Crippen LogP contribution in [-0.4, -0.2) is 45.4 Å². The third-order valence-corrected chi connectivity index (χ3v) is 6.33. The molecule has 0 aliphatic carbocycles. The Kier molecular flexibility index (Phi) is 6.35. The fourth-order valence-electron chi connectivity index (χ4n) is 3.59. The van der Waals surface area contributed by atoms with Gasteiger partial charge in [0.2, 0.25) is 5.91 Å². The van der Waals surface area contributed by atoms with E-state index >= 15 is 0 Å². The topological polar surface area (TPSA) is 83.0 Å². The quantitative estimate of drug-likeness (QED) is 0.622. The lowest BCUT2D eigenvalue weighted by atomic mass is 9.93. The van der Waals surface area contributed by atoms with Gasteiger partial charge in [0.1, 0.15) is 11.6 Å². The Morgan fingerprint density at radius 2 is 1.90 bits per heavy atom. The van der Waals surface area contributed by atoms with Gasteiger partial charge in [0.25, 0.3) is 0 Å². The highest BCUT2D eigenvalue weighted by molar-refractivity contribution is 7.15. The van der Waals surface area contributed by atoms with E-state index in [1.54, 1.807) is 6.20 Å². The van der Waals surface area contributed by atoms with Crippen LogP contribution in [0.4, 0.5) is 16.8 Å². The summed E-state index contributed by atoms with van der Waals surface area (Å²) in [4.78, 5) is 29.2. The maximum atomic E-state index is 12.4. The number of anilines is 3. The van der Waals surface area contributed by atoms with Crippen molar-refractivity contribution in [3.05, 3.63) is 58.9 Å². The minimum absolute atomic E-state index is 0.00174. The molecule has 1 amide bonds. The van der Waals surface area contributed by atoms with E-state index in [-0.39, 0.29) is 5.91 Å². The van der Waals surface area contributed by atoms with E-state index in [1.165, 1.54) is 11.3 Å². The Balaban J connectivity index is 1.29.